The average molecular weight is 369 g/mol. The fraction of sp³-hybridized carbons (Fsp3) is 0.350. The first-order valence-electron chi connectivity index (χ1n) is 8.87. The number of hydrogen-bond acceptors (Lipinski definition) is 6. The number of rotatable bonds is 6. The zero-order valence-corrected chi connectivity index (χ0v) is 15.7. The van der Waals surface area contributed by atoms with Crippen molar-refractivity contribution in [2.75, 3.05) is 33.3 Å². The van der Waals surface area contributed by atoms with Crippen LogP contribution in [0.2, 0.25) is 0 Å². The van der Waals surface area contributed by atoms with Crippen molar-refractivity contribution >= 4 is 11.3 Å². The van der Waals surface area contributed by atoms with Crippen LogP contribution in [0.25, 0.3) is 10.6 Å². The quantitative estimate of drug-likeness (QED) is 0.662. The first-order valence-corrected chi connectivity index (χ1v) is 9.75. The van der Waals surface area contributed by atoms with E-state index < -0.39 is 0 Å². The van der Waals surface area contributed by atoms with E-state index in [1.54, 1.807) is 18.4 Å². The first-order chi connectivity index (χ1) is 12.8. The molecule has 0 amide bonds. The van der Waals surface area contributed by atoms with Gasteiger partial charge in [-0.2, -0.15) is 0 Å². The van der Waals surface area contributed by atoms with Gasteiger partial charge in [-0.15, -0.1) is 11.3 Å². The van der Waals surface area contributed by atoms with Gasteiger partial charge in [0.25, 0.3) is 0 Å². The molecule has 0 bridgehead atoms. The summed E-state index contributed by atoms with van der Waals surface area (Å²) in [5.74, 6) is 1.78. The summed E-state index contributed by atoms with van der Waals surface area (Å²) in [6.45, 7) is 6.09. The molecule has 0 spiro atoms. The van der Waals surface area contributed by atoms with Crippen molar-refractivity contribution in [2.45, 2.75) is 13.1 Å². The molecule has 0 unspecified atom stereocenters. The molecule has 1 saturated heterocycles. The molecule has 136 valence electrons. The summed E-state index contributed by atoms with van der Waals surface area (Å²) >= 11 is 1.68. The van der Waals surface area contributed by atoms with Crippen molar-refractivity contribution in [1.82, 2.24) is 15.0 Å². The van der Waals surface area contributed by atoms with Crippen LogP contribution in [0.3, 0.4) is 0 Å². The minimum atomic E-state index is 0.852. The Morgan fingerprint density at radius 2 is 1.77 bits per heavy atom. The second kappa shape index (κ2) is 8.03. The second-order valence-corrected chi connectivity index (χ2v) is 7.51. The van der Waals surface area contributed by atoms with Crippen LogP contribution in [0.1, 0.15) is 11.3 Å². The molecular weight excluding hydrogens is 346 g/mol. The van der Waals surface area contributed by atoms with Crippen LogP contribution < -0.4 is 4.74 Å². The maximum absolute atomic E-state index is 5.48. The summed E-state index contributed by atoms with van der Waals surface area (Å²) in [4.78, 5) is 6.08. The van der Waals surface area contributed by atoms with Crippen LogP contribution in [-0.2, 0) is 13.1 Å². The van der Waals surface area contributed by atoms with Gasteiger partial charge in [0.15, 0.2) is 5.76 Å². The van der Waals surface area contributed by atoms with Crippen LogP contribution in [-0.4, -0.2) is 48.2 Å². The van der Waals surface area contributed by atoms with Crippen LogP contribution >= 0.6 is 11.3 Å². The molecule has 0 N–H and O–H groups in total. The third-order valence-corrected chi connectivity index (χ3v) is 5.62. The third-order valence-electron chi connectivity index (χ3n) is 4.74. The fourth-order valence-electron chi connectivity index (χ4n) is 3.24. The molecule has 1 aliphatic heterocycles. The van der Waals surface area contributed by atoms with Crippen molar-refractivity contribution in [2.24, 2.45) is 0 Å². The first kappa shape index (κ1) is 17.3. The molecule has 0 atom stereocenters. The maximum Gasteiger partial charge on any atom is 0.177 e. The molecule has 6 heteroatoms. The van der Waals surface area contributed by atoms with Crippen molar-refractivity contribution < 1.29 is 9.26 Å². The molecule has 1 aliphatic rings. The number of piperazine rings is 1. The second-order valence-electron chi connectivity index (χ2n) is 6.56. The minimum absolute atomic E-state index is 0.852. The molecule has 3 heterocycles. The van der Waals surface area contributed by atoms with E-state index in [1.807, 2.05) is 18.2 Å². The zero-order valence-electron chi connectivity index (χ0n) is 14.9. The van der Waals surface area contributed by atoms with Crippen LogP contribution in [0.4, 0.5) is 0 Å². The van der Waals surface area contributed by atoms with Gasteiger partial charge in [0, 0.05) is 45.3 Å². The topological polar surface area (TPSA) is 41.7 Å². The van der Waals surface area contributed by atoms with Gasteiger partial charge < -0.3 is 9.26 Å². The highest BCUT2D eigenvalue weighted by Gasteiger charge is 2.18. The fourth-order valence-corrected chi connectivity index (χ4v) is 3.92. The lowest BCUT2D eigenvalue weighted by Gasteiger charge is -2.34. The third kappa shape index (κ3) is 4.15. The highest BCUT2D eigenvalue weighted by atomic mass is 32.1. The van der Waals surface area contributed by atoms with Crippen molar-refractivity contribution in [3.63, 3.8) is 0 Å². The van der Waals surface area contributed by atoms with Gasteiger partial charge in [-0.3, -0.25) is 9.80 Å². The van der Waals surface area contributed by atoms with E-state index in [1.165, 1.54) is 5.56 Å². The Labute approximate surface area is 157 Å². The van der Waals surface area contributed by atoms with Gasteiger partial charge in [0.2, 0.25) is 0 Å². The number of nitrogens with zero attached hydrogens (tertiary/aromatic N) is 3. The molecule has 5 nitrogen and oxygen atoms in total. The van der Waals surface area contributed by atoms with Crippen molar-refractivity contribution in [1.29, 1.82) is 0 Å². The van der Waals surface area contributed by atoms with E-state index in [4.69, 9.17) is 9.26 Å². The predicted molar refractivity (Wildman–Crippen MR) is 103 cm³/mol. The Balaban J connectivity index is 1.27. The summed E-state index contributed by atoms with van der Waals surface area (Å²) in [7, 11) is 1.70. The molecular formula is C20H23N3O2S. The Hall–Kier alpha value is -2.15. The molecule has 1 fully saturated rings. The van der Waals surface area contributed by atoms with E-state index in [-0.39, 0.29) is 0 Å². The maximum atomic E-state index is 5.48. The summed E-state index contributed by atoms with van der Waals surface area (Å²) in [6, 6.07) is 14.5. The van der Waals surface area contributed by atoms with Crippen molar-refractivity contribution in [3.8, 4) is 16.4 Å². The molecule has 0 saturated carbocycles. The lowest BCUT2D eigenvalue weighted by atomic mass is 10.2. The number of hydrogen-bond donors (Lipinski definition) is 0. The molecule has 1 aromatic carbocycles. The van der Waals surface area contributed by atoms with Gasteiger partial charge in [-0.1, -0.05) is 23.4 Å². The summed E-state index contributed by atoms with van der Waals surface area (Å²) in [5.41, 5.74) is 2.34. The van der Waals surface area contributed by atoms with Crippen LogP contribution in [0.5, 0.6) is 5.75 Å². The average Bonchev–Trinajstić information content (AvgIpc) is 3.36. The number of methoxy groups -OCH3 is 1. The minimum Gasteiger partial charge on any atom is -0.497 e. The molecule has 0 radical (unpaired) electrons. The lowest BCUT2D eigenvalue weighted by molar-refractivity contribution is 0.120. The molecule has 3 aromatic rings. The zero-order chi connectivity index (χ0) is 17.8. The Morgan fingerprint density at radius 3 is 2.42 bits per heavy atom. The normalized spacial score (nSPS) is 16.0. The summed E-state index contributed by atoms with van der Waals surface area (Å²) in [5, 5.41) is 6.29. The SMILES string of the molecule is COc1ccc(CN2CCN(Cc3cc(-c4cccs4)on3)CC2)cc1. The Bertz CT molecular complexity index is 806. The van der Waals surface area contributed by atoms with Gasteiger partial charge in [-0.05, 0) is 29.1 Å². The van der Waals surface area contributed by atoms with E-state index in [9.17, 15) is 0 Å². The monoisotopic (exact) mass is 369 g/mol. The molecule has 2 aromatic heterocycles. The molecule has 0 aliphatic carbocycles. The largest absolute Gasteiger partial charge is 0.497 e. The Kier molecular flexibility index (Phi) is 5.34. The number of thiophene rings is 1. The summed E-state index contributed by atoms with van der Waals surface area (Å²) in [6.07, 6.45) is 0. The number of aromatic nitrogens is 1. The highest BCUT2D eigenvalue weighted by molar-refractivity contribution is 7.13. The van der Waals surface area contributed by atoms with Crippen LogP contribution in [0.15, 0.2) is 52.4 Å². The predicted octanol–water partition coefficient (Wildman–Crippen LogP) is 3.73. The molecule has 26 heavy (non-hydrogen) atoms. The van der Waals surface area contributed by atoms with E-state index in [2.05, 4.69) is 44.6 Å². The molecule has 4 rings (SSSR count). The van der Waals surface area contributed by atoms with Gasteiger partial charge in [-0.25, -0.2) is 0 Å². The highest BCUT2D eigenvalue weighted by Crippen LogP contribution is 2.25. The lowest BCUT2D eigenvalue weighted by Crippen LogP contribution is -2.45. The standard InChI is InChI=1S/C20H23N3O2S/c1-24-18-6-4-16(5-7-18)14-22-8-10-23(11-9-22)15-17-13-19(25-21-17)20-3-2-12-26-20/h2-7,12-13H,8-11,14-15H2,1H3. The van der Waals surface area contributed by atoms with E-state index in [0.29, 0.717) is 0 Å². The Morgan fingerprint density at radius 1 is 1.04 bits per heavy atom. The van der Waals surface area contributed by atoms with Gasteiger partial charge >= 0.3 is 0 Å². The van der Waals surface area contributed by atoms with Crippen LogP contribution in [0, 0.1) is 0 Å². The smallest absolute Gasteiger partial charge is 0.177 e. The van der Waals surface area contributed by atoms with Crippen molar-refractivity contribution in [3.05, 3.63) is 59.1 Å². The van der Waals surface area contributed by atoms with E-state index >= 15 is 0 Å². The van der Waals surface area contributed by atoms with Gasteiger partial charge in [0.1, 0.15) is 5.75 Å². The van der Waals surface area contributed by atoms with Gasteiger partial charge in [0.05, 0.1) is 17.7 Å². The van der Waals surface area contributed by atoms with E-state index in [0.717, 1.165) is 61.3 Å². The number of ether oxygens (including phenoxy) is 1. The summed E-state index contributed by atoms with van der Waals surface area (Å²) < 4.78 is 10.7. The number of benzene rings is 1.